The first-order chi connectivity index (χ1) is 8.67. The van der Waals surface area contributed by atoms with Crippen molar-refractivity contribution in [3.63, 3.8) is 0 Å². The fraction of sp³-hybridized carbons (Fsp3) is 1.00. The number of rotatable bonds is 3. The molecule has 5 atom stereocenters. The lowest BCUT2D eigenvalue weighted by Crippen LogP contribution is -2.47. The number of ether oxygens (including phenoxy) is 1. The molecule has 1 aliphatic heterocycles. The molecule has 112 valence electrons. The van der Waals surface area contributed by atoms with Crippen molar-refractivity contribution in [3.8, 4) is 0 Å². The Morgan fingerprint density at radius 1 is 1.26 bits per heavy atom. The number of hydrogen-bond donors (Lipinski definition) is 2. The summed E-state index contributed by atoms with van der Waals surface area (Å²) in [6, 6.07) is 0. The summed E-state index contributed by atoms with van der Waals surface area (Å²) >= 11 is 0. The second kappa shape index (κ2) is 5.11. The standard InChI is InChI=1S/C14H28O4Si/c1-14(2,3)19(4,5)18-12-9(7-15)6-10-11(12)8-17-13(10)16/h9-13,15-16H,6-8H2,1-5H3/t9-,10-,11-,12-,13+/m1/s1. The highest BCUT2D eigenvalue weighted by molar-refractivity contribution is 6.74. The maximum Gasteiger partial charge on any atom is 0.192 e. The summed E-state index contributed by atoms with van der Waals surface area (Å²) < 4.78 is 11.9. The molecule has 1 saturated heterocycles. The van der Waals surface area contributed by atoms with Gasteiger partial charge in [-0.15, -0.1) is 0 Å². The van der Waals surface area contributed by atoms with Crippen molar-refractivity contribution in [2.45, 2.75) is 57.7 Å². The molecule has 0 bridgehead atoms. The van der Waals surface area contributed by atoms with Gasteiger partial charge in [0, 0.05) is 24.4 Å². The summed E-state index contributed by atoms with van der Waals surface area (Å²) in [5.74, 6) is 0.510. The first kappa shape index (κ1) is 15.4. The van der Waals surface area contributed by atoms with Crippen LogP contribution >= 0.6 is 0 Å². The minimum absolute atomic E-state index is 0.0352. The molecule has 1 saturated carbocycles. The molecule has 0 radical (unpaired) electrons. The van der Waals surface area contributed by atoms with Crippen LogP contribution < -0.4 is 0 Å². The topological polar surface area (TPSA) is 58.9 Å². The number of aliphatic hydroxyl groups excluding tert-OH is 2. The van der Waals surface area contributed by atoms with Crippen LogP contribution in [0.25, 0.3) is 0 Å². The Morgan fingerprint density at radius 2 is 1.89 bits per heavy atom. The maximum absolute atomic E-state index is 9.84. The first-order valence-electron chi connectivity index (χ1n) is 7.25. The third-order valence-corrected chi connectivity index (χ3v) is 9.78. The highest BCUT2D eigenvalue weighted by atomic mass is 28.4. The van der Waals surface area contributed by atoms with E-state index in [0.717, 1.165) is 6.42 Å². The number of fused-ring (bicyclic) bond motifs is 1. The lowest BCUT2D eigenvalue weighted by molar-refractivity contribution is -0.0871. The summed E-state index contributed by atoms with van der Waals surface area (Å²) in [5.41, 5.74) is 0. The summed E-state index contributed by atoms with van der Waals surface area (Å²) in [6.45, 7) is 11.8. The highest BCUT2D eigenvalue weighted by Crippen LogP contribution is 2.48. The Bertz CT molecular complexity index is 326. The van der Waals surface area contributed by atoms with E-state index in [1.54, 1.807) is 0 Å². The molecule has 1 aliphatic carbocycles. The van der Waals surface area contributed by atoms with Gasteiger partial charge in [-0.05, 0) is 24.6 Å². The van der Waals surface area contributed by atoms with Crippen LogP contribution in [0.2, 0.25) is 18.1 Å². The van der Waals surface area contributed by atoms with E-state index in [1.165, 1.54) is 0 Å². The van der Waals surface area contributed by atoms with Gasteiger partial charge in [0.2, 0.25) is 0 Å². The summed E-state index contributed by atoms with van der Waals surface area (Å²) in [5, 5.41) is 19.6. The molecular formula is C14H28O4Si. The molecule has 19 heavy (non-hydrogen) atoms. The summed E-state index contributed by atoms with van der Waals surface area (Å²) in [4.78, 5) is 0. The molecule has 0 amide bonds. The predicted molar refractivity (Wildman–Crippen MR) is 76.2 cm³/mol. The fourth-order valence-corrected chi connectivity index (χ4v) is 4.41. The van der Waals surface area contributed by atoms with Crippen LogP contribution in [0.3, 0.4) is 0 Å². The smallest absolute Gasteiger partial charge is 0.192 e. The highest BCUT2D eigenvalue weighted by Gasteiger charge is 2.53. The van der Waals surface area contributed by atoms with E-state index < -0.39 is 14.6 Å². The molecule has 2 fully saturated rings. The van der Waals surface area contributed by atoms with Gasteiger partial charge >= 0.3 is 0 Å². The van der Waals surface area contributed by atoms with Crippen molar-refractivity contribution < 1.29 is 19.4 Å². The van der Waals surface area contributed by atoms with Crippen LogP contribution in [0, 0.1) is 17.8 Å². The fourth-order valence-electron chi connectivity index (χ4n) is 3.01. The molecule has 0 spiro atoms. The van der Waals surface area contributed by atoms with Crippen LogP contribution in [0.15, 0.2) is 0 Å². The van der Waals surface area contributed by atoms with Crippen LogP contribution in [0.5, 0.6) is 0 Å². The Balaban J connectivity index is 2.14. The molecule has 4 nitrogen and oxygen atoms in total. The average Bonchev–Trinajstić information content (AvgIpc) is 2.79. The monoisotopic (exact) mass is 288 g/mol. The van der Waals surface area contributed by atoms with Crippen molar-refractivity contribution in [1.82, 2.24) is 0 Å². The zero-order valence-corrected chi connectivity index (χ0v) is 13.7. The normalized spacial score (nSPS) is 39.6. The molecule has 5 heteroatoms. The molecule has 0 aromatic rings. The lowest BCUT2D eigenvalue weighted by Gasteiger charge is -2.41. The van der Waals surface area contributed by atoms with E-state index in [1.807, 2.05) is 0 Å². The Morgan fingerprint density at radius 3 is 2.42 bits per heavy atom. The zero-order chi connectivity index (χ0) is 14.4. The third kappa shape index (κ3) is 2.76. The SMILES string of the molecule is CC(C)(C)[Si](C)(C)O[C@@H]1[C@@H](CO)C[C@@H]2[C@H]1CO[C@@H]2O. The largest absolute Gasteiger partial charge is 0.413 e. The maximum atomic E-state index is 9.84. The van der Waals surface area contributed by atoms with Gasteiger partial charge in [-0.2, -0.15) is 0 Å². The molecule has 0 aromatic carbocycles. The molecule has 1 heterocycles. The van der Waals surface area contributed by atoms with Crippen molar-refractivity contribution in [1.29, 1.82) is 0 Å². The van der Waals surface area contributed by atoms with E-state index in [-0.39, 0.29) is 35.5 Å². The Labute approximate surface area is 117 Å². The van der Waals surface area contributed by atoms with E-state index in [0.29, 0.717) is 6.61 Å². The van der Waals surface area contributed by atoms with Gasteiger partial charge in [0.15, 0.2) is 14.6 Å². The van der Waals surface area contributed by atoms with Gasteiger partial charge in [0.05, 0.1) is 12.7 Å². The van der Waals surface area contributed by atoms with Crippen LogP contribution in [0.1, 0.15) is 27.2 Å². The van der Waals surface area contributed by atoms with Gasteiger partial charge in [0.25, 0.3) is 0 Å². The lowest BCUT2D eigenvalue weighted by atomic mass is 9.98. The van der Waals surface area contributed by atoms with Gasteiger partial charge in [-0.25, -0.2) is 0 Å². The molecular weight excluding hydrogens is 260 g/mol. The van der Waals surface area contributed by atoms with Crippen molar-refractivity contribution in [2.24, 2.45) is 17.8 Å². The third-order valence-electron chi connectivity index (χ3n) is 5.31. The van der Waals surface area contributed by atoms with E-state index >= 15 is 0 Å². The summed E-state index contributed by atoms with van der Waals surface area (Å²) in [6.07, 6.45) is 0.168. The van der Waals surface area contributed by atoms with E-state index in [2.05, 4.69) is 33.9 Å². The van der Waals surface area contributed by atoms with Gasteiger partial charge in [-0.3, -0.25) is 0 Å². The van der Waals surface area contributed by atoms with Gasteiger partial charge in [-0.1, -0.05) is 20.8 Å². The minimum atomic E-state index is -1.86. The van der Waals surface area contributed by atoms with E-state index in [9.17, 15) is 10.2 Å². The Kier molecular flexibility index (Phi) is 4.16. The molecule has 0 unspecified atom stereocenters. The summed E-state index contributed by atoms with van der Waals surface area (Å²) in [7, 11) is -1.86. The quantitative estimate of drug-likeness (QED) is 0.780. The van der Waals surface area contributed by atoms with Gasteiger partial charge in [0.1, 0.15) is 0 Å². The second-order valence-corrected chi connectivity index (χ2v) is 12.3. The van der Waals surface area contributed by atoms with Crippen LogP contribution in [0.4, 0.5) is 0 Å². The zero-order valence-electron chi connectivity index (χ0n) is 12.7. The van der Waals surface area contributed by atoms with Crippen molar-refractivity contribution >= 4 is 8.32 Å². The predicted octanol–water partition coefficient (Wildman–Crippen LogP) is 1.97. The molecule has 0 aromatic heterocycles. The van der Waals surface area contributed by atoms with Gasteiger partial charge < -0.3 is 19.4 Å². The van der Waals surface area contributed by atoms with Crippen molar-refractivity contribution in [3.05, 3.63) is 0 Å². The van der Waals surface area contributed by atoms with Crippen molar-refractivity contribution in [2.75, 3.05) is 13.2 Å². The average molecular weight is 288 g/mol. The number of hydrogen-bond acceptors (Lipinski definition) is 4. The van der Waals surface area contributed by atoms with Crippen LogP contribution in [-0.2, 0) is 9.16 Å². The molecule has 2 N–H and O–H groups in total. The number of aliphatic hydroxyl groups is 2. The second-order valence-electron chi connectivity index (χ2n) is 7.57. The first-order valence-corrected chi connectivity index (χ1v) is 10.2. The van der Waals surface area contributed by atoms with Crippen LogP contribution in [-0.4, -0.2) is 44.1 Å². The Hall–Kier alpha value is 0.0569. The molecule has 2 rings (SSSR count). The van der Waals surface area contributed by atoms with E-state index in [4.69, 9.17) is 9.16 Å². The molecule has 2 aliphatic rings. The minimum Gasteiger partial charge on any atom is -0.413 e.